The summed E-state index contributed by atoms with van der Waals surface area (Å²) in [5.41, 5.74) is 8.47. The molecule has 2 aromatic rings. The van der Waals surface area contributed by atoms with Crippen molar-refractivity contribution in [2.24, 2.45) is 11.1 Å². The van der Waals surface area contributed by atoms with E-state index in [0.717, 1.165) is 67.8 Å². The molecule has 5 heterocycles. The molecule has 194 valence electrons. The number of anilines is 2. The summed E-state index contributed by atoms with van der Waals surface area (Å²) in [6.45, 7) is 6.45. The first-order chi connectivity index (χ1) is 17.5. The Morgan fingerprint density at radius 2 is 1.83 bits per heavy atom. The van der Waals surface area contributed by atoms with Crippen molar-refractivity contribution < 1.29 is 9.47 Å². The van der Waals surface area contributed by atoms with Crippen LogP contribution in [0.3, 0.4) is 0 Å². The van der Waals surface area contributed by atoms with E-state index in [9.17, 15) is 0 Å². The Morgan fingerprint density at radius 3 is 2.56 bits per heavy atom. The van der Waals surface area contributed by atoms with E-state index in [-0.39, 0.29) is 5.54 Å². The fraction of sp³-hybridized carbons (Fsp3) is 0.630. The Hall–Kier alpha value is -1.97. The number of likely N-dealkylation sites (tertiary alicyclic amines) is 1. The van der Waals surface area contributed by atoms with Crippen LogP contribution in [-0.4, -0.2) is 78.6 Å². The molecule has 1 saturated carbocycles. The lowest BCUT2D eigenvalue weighted by Gasteiger charge is -2.58. The van der Waals surface area contributed by atoms with Crippen molar-refractivity contribution in [1.29, 1.82) is 0 Å². The molecule has 0 unspecified atom stereocenters. The number of aromatic nitrogens is 2. The highest BCUT2D eigenvalue weighted by atomic mass is 35.5. The maximum absolute atomic E-state index is 6.56. The summed E-state index contributed by atoms with van der Waals surface area (Å²) in [4.78, 5) is 12.1. The standard InChI is InChI=1S/C27H37ClN6O2/c28-22-13-30-25(32-19-4-6-20(7-5-19)34-15-26(16-34)17-36-18-26)12-21(22)23-2-1-3-24(33-23)31-14-27(29)8-10-35-11-9-27/h1-3,12-13,19-20H,4-11,14-18,29H2,(H,30,32)(H,31,33). The first kappa shape index (κ1) is 24.4. The molecule has 4 aliphatic rings. The van der Waals surface area contributed by atoms with Gasteiger partial charge in [0, 0.05) is 67.6 Å². The zero-order valence-corrected chi connectivity index (χ0v) is 21.6. The smallest absolute Gasteiger partial charge is 0.126 e. The SMILES string of the molecule is NC1(CNc2cccc(-c3cc(NC4CCC(N5CC6(COC6)C5)CC4)ncc3Cl)n2)CCOCC1. The van der Waals surface area contributed by atoms with Crippen molar-refractivity contribution in [1.82, 2.24) is 14.9 Å². The van der Waals surface area contributed by atoms with Crippen molar-refractivity contribution in [3.05, 3.63) is 35.5 Å². The molecule has 4 N–H and O–H groups in total. The number of rotatable bonds is 7. The molecule has 36 heavy (non-hydrogen) atoms. The number of pyridine rings is 2. The summed E-state index contributed by atoms with van der Waals surface area (Å²) < 4.78 is 10.9. The normalized spacial score (nSPS) is 27.2. The maximum Gasteiger partial charge on any atom is 0.126 e. The van der Waals surface area contributed by atoms with Gasteiger partial charge >= 0.3 is 0 Å². The van der Waals surface area contributed by atoms with E-state index in [0.29, 0.717) is 36.2 Å². The summed E-state index contributed by atoms with van der Waals surface area (Å²) >= 11 is 6.56. The zero-order chi connectivity index (χ0) is 24.6. The van der Waals surface area contributed by atoms with E-state index in [1.165, 1.54) is 25.9 Å². The molecule has 0 amide bonds. The van der Waals surface area contributed by atoms with Crippen LogP contribution in [0.2, 0.25) is 5.02 Å². The predicted octanol–water partition coefficient (Wildman–Crippen LogP) is 3.77. The van der Waals surface area contributed by atoms with Gasteiger partial charge in [-0.15, -0.1) is 0 Å². The molecule has 8 nitrogen and oxygen atoms in total. The average Bonchev–Trinajstić information content (AvgIpc) is 2.84. The van der Waals surface area contributed by atoms with Crippen LogP contribution in [0.25, 0.3) is 11.3 Å². The largest absolute Gasteiger partial charge is 0.381 e. The third kappa shape index (κ3) is 5.20. The van der Waals surface area contributed by atoms with Crippen LogP contribution in [0.15, 0.2) is 30.5 Å². The second-order valence-electron chi connectivity index (χ2n) is 11.3. The van der Waals surface area contributed by atoms with Crippen LogP contribution in [0, 0.1) is 5.41 Å². The van der Waals surface area contributed by atoms with Crippen molar-refractivity contribution in [3.63, 3.8) is 0 Å². The quantitative estimate of drug-likeness (QED) is 0.515. The van der Waals surface area contributed by atoms with Gasteiger partial charge in [-0.1, -0.05) is 17.7 Å². The molecule has 3 saturated heterocycles. The lowest BCUT2D eigenvalue weighted by molar-refractivity contribution is -0.200. The van der Waals surface area contributed by atoms with E-state index in [2.05, 4.69) is 20.5 Å². The van der Waals surface area contributed by atoms with Gasteiger partial charge in [-0.3, -0.25) is 4.90 Å². The van der Waals surface area contributed by atoms with Crippen LogP contribution in [0.1, 0.15) is 38.5 Å². The lowest BCUT2D eigenvalue weighted by Crippen LogP contribution is -2.68. The van der Waals surface area contributed by atoms with E-state index < -0.39 is 0 Å². The molecule has 0 atom stereocenters. The summed E-state index contributed by atoms with van der Waals surface area (Å²) in [6, 6.07) is 9.14. The van der Waals surface area contributed by atoms with Gasteiger partial charge < -0.3 is 25.8 Å². The summed E-state index contributed by atoms with van der Waals surface area (Å²) in [5, 5.41) is 7.68. The molecule has 0 bridgehead atoms. The Labute approximate surface area is 218 Å². The van der Waals surface area contributed by atoms with E-state index in [4.69, 9.17) is 31.8 Å². The van der Waals surface area contributed by atoms with Gasteiger partial charge in [0.1, 0.15) is 11.6 Å². The molecule has 9 heteroatoms. The van der Waals surface area contributed by atoms with Gasteiger partial charge in [0.05, 0.1) is 23.9 Å². The van der Waals surface area contributed by atoms with Gasteiger partial charge in [0.25, 0.3) is 0 Å². The average molecular weight is 513 g/mol. The number of hydrogen-bond acceptors (Lipinski definition) is 8. The number of nitrogens with one attached hydrogen (secondary N) is 2. The number of hydrogen-bond donors (Lipinski definition) is 3. The van der Waals surface area contributed by atoms with Gasteiger partial charge in [-0.2, -0.15) is 0 Å². The van der Waals surface area contributed by atoms with Gasteiger partial charge in [-0.25, -0.2) is 9.97 Å². The summed E-state index contributed by atoms with van der Waals surface area (Å²) in [5.74, 6) is 1.65. The van der Waals surface area contributed by atoms with Gasteiger partial charge in [0.15, 0.2) is 0 Å². The highest BCUT2D eigenvalue weighted by Crippen LogP contribution is 2.41. The number of nitrogens with zero attached hydrogens (tertiary/aromatic N) is 3. The van der Waals surface area contributed by atoms with E-state index in [1.807, 2.05) is 24.3 Å². The van der Waals surface area contributed by atoms with Crippen LogP contribution in [0.4, 0.5) is 11.6 Å². The molecule has 0 radical (unpaired) electrons. The third-order valence-corrected chi connectivity index (χ3v) is 8.75. The monoisotopic (exact) mass is 512 g/mol. The fourth-order valence-corrected chi connectivity index (χ4v) is 6.26. The second-order valence-corrected chi connectivity index (χ2v) is 11.7. The second kappa shape index (κ2) is 10.1. The highest BCUT2D eigenvalue weighted by Gasteiger charge is 2.50. The molecule has 2 aromatic heterocycles. The maximum atomic E-state index is 6.56. The molecule has 0 aromatic carbocycles. The minimum Gasteiger partial charge on any atom is -0.381 e. The predicted molar refractivity (Wildman–Crippen MR) is 142 cm³/mol. The fourth-order valence-electron chi connectivity index (χ4n) is 6.06. The van der Waals surface area contributed by atoms with Crippen LogP contribution >= 0.6 is 11.6 Å². The molecular weight excluding hydrogens is 476 g/mol. The van der Waals surface area contributed by atoms with Crippen molar-refractivity contribution in [2.45, 2.75) is 56.1 Å². The molecular formula is C27H37ClN6O2. The minimum atomic E-state index is -0.261. The Bertz CT molecular complexity index is 1060. The zero-order valence-electron chi connectivity index (χ0n) is 20.8. The van der Waals surface area contributed by atoms with E-state index in [1.54, 1.807) is 6.20 Å². The van der Waals surface area contributed by atoms with Crippen molar-refractivity contribution in [3.8, 4) is 11.3 Å². The van der Waals surface area contributed by atoms with Gasteiger partial charge in [-0.05, 0) is 56.7 Å². The van der Waals surface area contributed by atoms with Crippen molar-refractivity contribution >= 4 is 23.2 Å². The molecule has 6 rings (SSSR count). The summed E-state index contributed by atoms with van der Waals surface area (Å²) in [7, 11) is 0. The molecule has 3 aliphatic heterocycles. The Balaban J connectivity index is 1.06. The first-order valence-electron chi connectivity index (χ1n) is 13.3. The van der Waals surface area contributed by atoms with Crippen molar-refractivity contribution in [2.75, 3.05) is 56.7 Å². The van der Waals surface area contributed by atoms with Crippen LogP contribution < -0.4 is 16.4 Å². The lowest BCUT2D eigenvalue weighted by atomic mass is 9.75. The van der Waals surface area contributed by atoms with Crippen LogP contribution in [-0.2, 0) is 9.47 Å². The number of ether oxygens (including phenoxy) is 2. The van der Waals surface area contributed by atoms with E-state index >= 15 is 0 Å². The molecule has 1 spiro atoms. The Kier molecular flexibility index (Phi) is 6.81. The number of halogens is 1. The Morgan fingerprint density at radius 1 is 1.06 bits per heavy atom. The van der Waals surface area contributed by atoms with Gasteiger partial charge in [0.2, 0.25) is 0 Å². The first-order valence-corrected chi connectivity index (χ1v) is 13.7. The topological polar surface area (TPSA) is 97.6 Å². The summed E-state index contributed by atoms with van der Waals surface area (Å²) in [6.07, 6.45) is 8.21. The highest BCUT2D eigenvalue weighted by molar-refractivity contribution is 6.33. The number of nitrogens with two attached hydrogens (primary N) is 1. The minimum absolute atomic E-state index is 0.261. The van der Waals surface area contributed by atoms with Crippen LogP contribution in [0.5, 0.6) is 0 Å². The molecule has 1 aliphatic carbocycles. The third-order valence-electron chi connectivity index (χ3n) is 8.45. The molecule has 4 fully saturated rings.